The van der Waals surface area contributed by atoms with Crippen LogP contribution in [0.5, 0.6) is 5.75 Å². The fraction of sp³-hybridized carbons (Fsp3) is 0.524. The summed E-state index contributed by atoms with van der Waals surface area (Å²) < 4.78 is 7.74. The molecule has 1 saturated heterocycles. The first-order valence-corrected chi connectivity index (χ1v) is 10.4. The van der Waals surface area contributed by atoms with Crippen molar-refractivity contribution in [3.05, 3.63) is 46.7 Å². The number of aliphatic imine (C=N–C) groups is 1. The van der Waals surface area contributed by atoms with Crippen molar-refractivity contribution in [2.45, 2.75) is 32.6 Å². The third-order valence-electron chi connectivity index (χ3n) is 4.98. The molecule has 7 heteroatoms. The van der Waals surface area contributed by atoms with Crippen LogP contribution in [0.25, 0.3) is 0 Å². The van der Waals surface area contributed by atoms with Crippen LogP contribution in [0.3, 0.4) is 0 Å². The van der Waals surface area contributed by atoms with E-state index in [1.54, 1.807) is 0 Å². The van der Waals surface area contributed by atoms with Gasteiger partial charge in [-0.3, -0.25) is 9.67 Å². The highest BCUT2D eigenvalue weighted by atomic mass is 35.5. The highest BCUT2D eigenvalue weighted by Gasteiger charge is 2.26. The molecule has 152 valence electrons. The van der Waals surface area contributed by atoms with Crippen molar-refractivity contribution in [2.75, 3.05) is 32.8 Å². The number of guanidine groups is 1. The lowest BCUT2D eigenvalue weighted by Gasteiger charge is -2.21. The van der Waals surface area contributed by atoms with Gasteiger partial charge in [0.05, 0.1) is 12.8 Å². The average molecular weight is 404 g/mol. The Bertz CT molecular complexity index is 804. The van der Waals surface area contributed by atoms with E-state index in [1.165, 1.54) is 5.56 Å². The van der Waals surface area contributed by atoms with Gasteiger partial charge in [-0.25, -0.2) is 0 Å². The lowest BCUT2D eigenvalue weighted by atomic mass is 10.0. The number of nitrogens with one attached hydrogen (secondary N) is 1. The van der Waals surface area contributed by atoms with Crippen molar-refractivity contribution in [1.82, 2.24) is 20.0 Å². The second kappa shape index (κ2) is 9.82. The summed E-state index contributed by atoms with van der Waals surface area (Å²) in [6.45, 7) is 8.37. The second-order valence-corrected chi connectivity index (χ2v) is 7.66. The van der Waals surface area contributed by atoms with E-state index in [0.29, 0.717) is 12.5 Å². The van der Waals surface area contributed by atoms with Crippen molar-refractivity contribution in [1.29, 1.82) is 0 Å². The summed E-state index contributed by atoms with van der Waals surface area (Å²) in [5, 5.41) is 8.47. The zero-order chi connectivity index (χ0) is 19.9. The predicted molar refractivity (Wildman–Crippen MR) is 114 cm³/mol. The number of hydrogen-bond donors (Lipinski definition) is 1. The second-order valence-electron chi connectivity index (χ2n) is 7.23. The van der Waals surface area contributed by atoms with Gasteiger partial charge in [-0.1, -0.05) is 11.6 Å². The molecule has 3 rings (SSSR count). The molecule has 0 spiro atoms. The smallest absolute Gasteiger partial charge is 0.193 e. The maximum atomic E-state index is 5.99. The molecular formula is C21H30ClN5O. The number of hydrogen-bond acceptors (Lipinski definition) is 3. The number of halogens is 1. The Morgan fingerprint density at radius 3 is 3.00 bits per heavy atom. The summed E-state index contributed by atoms with van der Waals surface area (Å²) in [4.78, 5) is 7.16. The molecule has 1 N–H and O–H groups in total. The van der Waals surface area contributed by atoms with Crippen LogP contribution < -0.4 is 10.1 Å². The maximum absolute atomic E-state index is 5.99. The first-order chi connectivity index (χ1) is 13.6. The van der Waals surface area contributed by atoms with Crippen molar-refractivity contribution >= 4 is 17.6 Å². The van der Waals surface area contributed by atoms with Gasteiger partial charge in [-0.05, 0) is 49.6 Å². The zero-order valence-electron chi connectivity index (χ0n) is 17.0. The summed E-state index contributed by atoms with van der Waals surface area (Å²) >= 11 is 5.99. The molecule has 2 heterocycles. The summed E-state index contributed by atoms with van der Waals surface area (Å²) in [5.74, 6) is 2.41. The van der Waals surface area contributed by atoms with Gasteiger partial charge in [0, 0.05) is 56.8 Å². The first kappa shape index (κ1) is 20.5. The van der Waals surface area contributed by atoms with Crippen LogP contribution in [0, 0.1) is 6.92 Å². The molecule has 6 nitrogen and oxygen atoms in total. The van der Waals surface area contributed by atoms with Crippen LogP contribution >= 0.6 is 11.6 Å². The summed E-state index contributed by atoms with van der Waals surface area (Å²) in [6, 6.07) is 5.70. The predicted octanol–water partition coefficient (Wildman–Crippen LogP) is 3.61. The Balaban J connectivity index is 1.49. The minimum absolute atomic E-state index is 0.522. The van der Waals surface area contributed by atoms with E-state index in [0.717, 1.165) is 61.3 Å². The van der Waals surface area contributed by atoms with Crippen LogP contribution in [0.1, 0.15) is 36.8 Å². The lowest BCUT2D eigenvalue weighted by molar-refractivity contribution is 0.311. The first-order valence-electron chi connectivity index (χ1n) is 9.97. The Labute approximate surface area is 172 Å². The van der Waals surface area contributed by atoms with Gasteiger partial charge in [0.25, 0.3) is 0 Å². The van der Waals surface area contributed by atoms with Crippen molar-refractivity contribution in [3.63, 3.8) is 0 Å². The molecule has 1 aromatic heterocycles. The third kappa shape index (κ3) is 5.41. The molecule has 1 unspecified atom stereocenters. The maximum Gasteiger partial charge on any atom is 0.193 e. The van der Waals surface area contributed by atoms with E-state index in [4.69, 9.17) is 21.3 Å². The van der Waals surface area contributed by atoms with E-state index in [2.05, 4.69) is 28.4 Å². The molecule has 0 aliphatic carbocycles. The van der Waals surface area contributed by atoms with Gasteiger partial charge < -0.3 is 15.0 Å². The van der Waals surface area contributed by atoms with Gasteiger partial charge in [0.2, 0.25) is 0 Å². The fourth-order valence-corrected chi connectivity index (χ4v) is 3.73. The van der Waals surface area contributed by atoms with Crippen LogP contribution in [0.4, 0.5) is 0 Å². The molecule has 1 atom stereocenters. The van der Waals surface area contributed by atoms with Crippen LogP contribution in [0.2, 0.25) is 5.02 Å². The minimum atomic E-state index is 0.522. The van der Waals surface area contributed by atoms with E-state index >= 15 is 0 Å². The number of rotatable bonds is 7. The SMILES string of the molecule is CCNC(=NCCCOc1ccc(Cl)cc1C)N1CCC(c2cnn(C)c2)C1. The van der Waals surface area contributed by atoms with Gasteiger partial charge in [-0.2, -0.15) is 5.10 Å². The molecule has 1 aromatic carbocycles. The lowest BCUT2D eigenvalue weighted by Crippen LogP contribution is -2.40. The molecule has 1 aliphatic heterocycles. The number of nitrogens with zero attached hydrogens (tertiary/aromatic N) is 4. The van der Waals surface area contributed by atoms with E-state index in [9.17, 15) is 0 Å². The van der Waals surface area contributed by atoms with Gasteiger partial charge in [0.15, 0.2) is 5.96 Å². The Morgan fingerprint density at radius 2 is 2.29 bits per heavy atom. The van der Waals surface area contributed by atoms with Crippen LogP contribution in [-0.4, -0.2) is 53.4 Å². The van der Waals surface area contributed by atoms with Crippen molar-refractivity contribution in [3.8, 4) is 5.75 Å². The normalized spacial score (nSPS) is 17.2. The average Bonchev–Trinajstić information content (AvgIpc) is 3.31. The van der Waals surface area contributed by atoms with Gasteiger partial charge in [0.1, 0.15) is 5.75 Å². The highest BCUT2D eigenvalue weighted by molar-refractivity contribution is 6.30. The molecule has 0 radical (unpaired) electrons. The third-order valence-corrected chi connectivity index (χ3v) is 5.21. The monoisotopic (exact) mass is 403 g/mol. The largest absolute Gasteiger partial charge is 0.493 e. The number of aryl methyl sites for hydroxylation is 2. The zero-order valence-corrected chi connectivity index (χ0v) is 17.7. The number of aromatic nitrogens is 2. The fourth-order valence-electron chi connectivity index (χ4n) is 3.51. The number of ether oxygens (including phenoxy) is 1. The highest BCUT2D eigenvalue weighted by Crippen LogP contribution is 2.26. The van der Waals surface area contributed by atoms with Crippen molar-refractivity contribution < 1.29 is 4.74 Å². The molecule has 1 fully saturated rings. The molecule has 0 bridgehead atoms. The number of likely N-dealkylation sites (tertiary alicyclic amines) is 1. The minimum Gasteiger partial charge on any atom is -0.493 e. The number of benzene rings is 1. The van der Waals surface area contributed by atoms with E-state index in [-0.39, 0.29) is 0 Å². The summed E-state index contributed by atoms with van der Waals surface area (Å²) in [7, 11) is 1.97. The summed E-state index contributed by atoms with van der Waals surface area (Å²) in [5.41, 5.74) is 2.37. The quantitative estimate of drug-likeness (QED) is 0.436. The topological polar surface area (TPSA) is 54.7 Å². The van der Waals surface area contributed by atoms with Crippen LogP contribution in [-0.2, 0) is 7.05 Å². The molecule has 0 saturated carbocycles. The van der Waals surface area contributed by atoms with Crippen molar-refractivity contribution in [2.24, 2.45) is 12.0 Å². The molecule has 28 heavy (non-hydrogen) atoms. The van der Waals surface area contributed by atoms with Crippen LogP contribution in [0.15, 0.2) is 35.6 Å². The standard InChI is InChI=1S/C21H30ClN5O/c1-4-23-21(27-10-8-17(15-27)18-13-25-26(3)14-18)24-9-5-11-28-20-7-6-19(22)12-16(20)2/h6-7,12-14,17H,4-5,8-11,15H2,1-3H3,(H,23,24). The van der Waals surface area contributed by atoms with Gasteiger partial charge >= 0.3 is 0 Å². The molecule has 0 amide bonds. The molecular weight excluding hydrogens is 374 g/mol. The van der Waals surface area contributed by atoms with E-state index < -0.39 is 0 Å². The summed E-state index contributed by atoms with van der Waals surface area (Å²) in [6.07, 6.45) is 6.11. The van der Waals surface area contributed by atoms with E-state index in [1.807, 2.05) is 43.0 Å². The van der Waals surface area contributed by atoms with Gasteiger partial charge in [-0.15, -0.1) is 0 Å². The Morgan fingerprint density at radius 1 is 1.43 bits per heavy atom. The Kier molecular flexibility index (Phi) is 7.20. The Hall–Kier alpha value is -2.21. The molecule has 1 aliphatic rings. The molecule has 2 aromatic rings.